The van der Waals surface area contributed by atoms with Crippen molar-refractivity contribution in [2.24, 2.45) is 0 Å². The molecule has 0 fully saturated rings. The fourth-order valence-corrected chi connectivity index (χ4v) is 3.01. The second-order valence-corrected chi connectivity index (χ2v) is 5.52. The molecule has 0 amide bonds. The molecule has 2 N–H and O–H groups in total. The summed E-state index contributed by atoms with van der Waals surface area (Å²) in [5.74, 6) is 0.781. The number of aromatic nitrogens is 1. The van der Waals surface area contributed by atoms with Gasteiger partial charge in [-0.3, -0.25) is 4.90 Å². The van der Waals surface area contributed by atoms with Crippen LogP contribution in [-0.4, -0.2) is 16.4 Å². The molecule has 4 heteroatoms. The van der Waals surface area contributed by atoms with Crippen LogP contribution in [0.3, 0.4) is 0 Å². The molecular weight excluding hydrogens is 262 g/mol. The number of anilines is 1. The van der Waals surface area contributed by atoms with Crippen molar-refractivity contribution in [3.05, 3.63) is 59.5 Å². The predicted molar refractivity (Wildman–Crippen MR) is 82.7 cm³/mol. The second kappa shape index (κ2) is 4.90. The van der Waals surface area contributed by atoms with E-state index in [0.29, 0.717) is 0 Å². The van der Waals surface area contributed by atoms with Crippen LogP contribution in [-0.2, 0) is 19.5 Å². The third-order valence-electron chi connectivity index (χ3n) is 4.08. The number of hydrogen-bond acceptors (Lipinski definition) is 4. The van der Waals surface area contributed by atoms with Gasteiger partial charge in [0.25, 0.3) is 0 Å². The molecule has 0 spiro atoms. The SMILES string of the molecule is Nc1cccc2c1CCN(Cc1nc3ccccc3o1)C2. The van der Waals surface area contributed by atoms with Crippen LogP contribution < -0.4 is 5.73 Å². The largest absolute Gasteiger partial charge is 0.439 e. The van der Waals surface area contributed by atoms with Crippen molar-refractivity contribution in [2.45, 2.75) is 19.5 Å². The summed E-state index contributed by atoms with van der Waals surface area (Å²) in [5, 5.41) is 0. The van der Waals surface area contributed by atoms with Gasteiger partial charge in [-0.15, -0.1) is 0 Å². The van der Waals surface area contributed by atoms with Gasteiger partial charge in [-0.25, -0.2) is 4.98 Å². The Hall–Kier alpha value is -2.33. The maximum Gasteiger partial charge on any atom is 0.209 e. The van der Waals surface area contributed by atoms with Crippen LogP contribution in [0.15, 0.2) is 46.9 Å². The number of oxazole rings is 1. The van der Waals surface area contributed by atoms with Crippen molar-refractivity contribution in [3.63, 3.8) is 0 Å². The monoisotopic (exact) mass is 279 g/mol. The fraction of sp³-hybridized carbons (Fsp3) is 0.235. The van der Waals surface area contributed by atoms with Gasteiger partial charge in [0.15, 0.2) is 5.58 Å². The van der Waals surface area contributed by atoms with Gasteiger partial charge in [0.05, 0.1) is 6.54 Å². The van der Waals surface area contributed by atoms with Crippen molar-refractivity contribution in [2.75, 3.05) is 12.3 Å². The van der Waals surface area contributed by atoms with E-state index in [1.165, 1.54) is 11.1 Å². The summed E-state index contributed by atoms with van der Waals surface area (Å²) in [5.41, 5.74) is 11.3. The lowest BCUT2D eigenvalue weighted by Gasteiger charge is -2.28. The van der Waals surface area contributed by atoms with E-state index in [0.717, 1.165) is 48.7 Å². The van der Waals surface area contributed by atoms with Crippen molar-refractivity contribution in [1.29, 1.82) is 0 Å². The van der Waals surface area contributed by atoms with Crippen LogP contribution in [0.2, 0.25) is 0 Å². The zero-order valence-corrected chi connectivity index (χ0v) is 11.7. The first-order valence-electron chi connectivity index (χ1n) is 7.22. The molecule has 3 aromatic rings. The molecule has 4 nitrogen and oxygen atoms in total. The standard InChI is InChI=1S/C17H17N3O/c18-14-5-3-4-12-10-20(9-8-13(12)14)11-17-19-15-6-1-2-7-16(15)21-17/h1-7H,8-11,18H2. The molecule has 2 aromatic carbocycles. The highest BCUT2D eigenvalue weighted by molar-refractivity contribution is 5.72. The Bertz CT molecular complexity index is 761. The van der Waals surface area contributed by atoms with Crippen molar-refractivity contribution in [3.8, 4) is 0 Å². The smallest absolute Gasteiger partial charge is 0.209 e. The number of nitrogens with zero attached hydrogens (tertiary/aromatic N) is 2. The van der Waals surface area contributed by atoms with Gasteiger partial charge >= 0.3 is 0 Å². The van der Waals surface area contributed by atoms with Crippen LogP contribution in [0.5, 0.6) is 0 Å². The van der Waals surface area contributed by atoms with E-state index in [1.807, 2.05) is 36.4 Å². The van der Waals surface area contributed by atoms with Crippen LogP contribution >= 0.6 is 0 Å². The molecule has 21 heavy (non-hydrogen) atoms. The zero-order valence-electron chi connectivity index (χ0n) is 11.7. The van der Waals surface area contributed by atoms with Crippen LogP contribution in [0, 0.1) is 0 Å². The highest BCUT2D eigenvalue weighted by atomic mass is 16.3. The summed E-state index contributed by atoms with van der Waals surface area (Å²) in [6.07, 6.45) is 0.988. The highest BCUT2D eigenvalue weighted by Crippen LogP contribution is 2.25. The van der Waals surface area contributed by atoms with E-state index >= 15 is 0 Å². The van der Waals surface area contributed by atoms with Crippen molar-refractivity contribution >= 4 is 16.8 Å². The third kappa shape index (κ3) is 2.28. The number of nitrogens with two attached hydrogens (primary N) is 1. The fourth-order valence-electron chi connectivity index (χ4n) is 3.01. The quantitative estimate of drug-likeness (QED) is 0.733. The van der Waals surface area contributed by atoms with Gasteiger partial charge in [0.1, 0.15) is 5.52 Å². The summed E-state index contributed by atoms with van der Waals surface area (Å²) in [6, 6.07) is 14.1. The molecule has 1 aliphatic heterocycles. The molecule has 0 radical (unpaired) electrons. The van der Waals surface area contributed by atoms with Gasteiger partial charge in [-0.2, -0.15) is 0 Å². The van der Waals surface area contributed by atoms with Crippen molar-refractivity contribution < 1.29 is 4.42 Å². The Morgan fingerprint density at radius 2 is 2.05 bits per heavy atom. The molecular formula is C17H17N3O. The van der Waals surface area contributed by atoms with Gasteiger partial charge < -0.3 is 10.2 Å². The average molecular weight is 279 g/mol. The second-order valence-electron chi connectivity index (χ2n) is 5.52. The molecule has 0 aliphatic carbocycles. The maximum atomic E-state index is 6.04. The highest BCUT2D eigenvalue weighted by Gasteiger charge is 2.19. The van der Waals surface area contributed by atoms with E-state index in [9.17, 15) is 0 Å². The van der Waals surface area contributed by atoms with Gasteiger partial charge in [0.2, 0.25) is 5.89 Å². The number of nitrogen functional groups attached to an aromatic ring is 1. The Kier molecular flexibility index (Phi) is 2.89. The minimum Gasteiger partial charge on any atom is -0.439 e. The van der Waals surface area contributed by atoms with Crippen LogP contribution in [0.1, 0.15) is 17.0 Å². The third-order valence-corrected chi connectivity index (χ3v) is 4.08. The van der Waals surface area contributed by atoms with Crippen LogP contribution in [0.25, 0.3) is 11.1 Å². The average Bonchev–Trinajstić information content (AvgIpc) is 2.89. The zero-order chi connectivity index (χ0) is 14.2. The molecule has 1 aromatic heterocycles. The molecule has 1 aliphatic rings. The summed E-state index contributed by atoms with van der Waals surface area (Å²) >= 11 is 0. The summed E-state index contributed by atoms with van der Waals surface area (Å²) in [4.78, 5) is 6.90. The predicted octanol–water partition coefficient (Wildman–Crippen LogP) is 2.97. The topological polar surface area (TPSA) is 55.3 Å². The van der Waals surface area contributed by atoms with E-state index in [4.69, 9.17) is 10.2 Å². The van der Waals surface area contributed by atoms with E-state index in [2.05, 4.69) is 16.0 Å². The summed E-state index contributed by atoms with van der Waals surface area (Å²) in [7, 11) is 0. The van der Waals surface area contributed by atoms with Gasteiger partial charge in [0, 0.05) is 18.8 Å². The number of para-hydroxylation sites is 2. The van der Waals surface area contributed by atoms with Crippen molar-refractivity contribution in [1.82, 2.24) is 9.88 Å². The first-order valence-corrected chi connectivity index (χ1v) is 7.22. The van der Waals surface area contributed by atoms with E-state index in [-0.39, 0.29) is 0 Å². The first kappa shape index (κ1) is 12.4. The lowest BCUT2D eigenvalue weighted by atomic mass is 9.98. The summed E-state index contributed by atoms with van der Waals surface area (Å²) < 4.78 is 5.81. The van der Waals surface area contributed by atoms with E-state index < -0.39 is 0 Å². The molecule has 0 unspecified atom stereocenters. The number of fused-ring (bicyclic) bond motifs is 2. The molecule has 2 heterocycles. The normalized spacial score (nSPS) is 15.2. The van der Waals surface area contributed by atoms with Gasteiger partial charge in [-0.05, 0) is 35.7 Å². The molecule has 106 valence electrons. The Morgan fingerprint density at radius 1 is 1.14 bits per heavy atom. The molecule has 0 bridgehead atoms. The minimum atomic E-state index is 0.739. The molecule has 0 saturated heterocycles. The first-order chi connectivity index (χ1) is 10.3. The molecule has 4 rings (SSSR count). The molecule has 0 saturated carbocycles. The molecule has 0 atom stereocenters. The lowest BCUT2D eigenvalue weighted by molar-refractivity contribution is 0.224. The number of rotatable bonds is 2. The minimum absolute atomic E-state index is 0.739. The van der Waals surface area contributed by atoms with Crippen LogP contribution in [0.4, 0.5) is 5.69 Å². The summed E-state index contributed by atoms with van der Waals surface area (Å²) in [6.45, 7) is 2.63. The van der Waals surface area contributed by atoms with Gasteiger partial charge in [-0.1, -0.05) is 24.3 Å². The Balaban J connectivity index is 1.56. The Labute approximate surface area is 123 Å². The number of benzene rings is 2. The maximum absolute atomic E-state index is 6.04. The lowest BCUT2D eigenvalue weighted by Crippen LogP contribution is -2.30. The Morgan fingerprint density at radius 3 is 2.95 bits per heavy atom. The van der Waals surface area contributed by atoms with E-state index in [1.54, 1.807) is 0 Å². The number of hydrogen-bond donors (Lipinski definition) is 1.